The van der Waals surface area contributed by atoms with Crippen molar-refractivity contribution in [2.45, 2.75) is 32.6 Å². The van der Waals surface area contributed by atoms with E-state index in [9.17, 15) is 0 Å². The second kappa shape index (κ2) is 11.8. The van der Waals surface area contributed by atoms with Gasteiger partial charge < -0.3 is 19.8 Å². The van der Waals surface area contributed by atoms with Gasteiger partial charge in [-0.25, -0.2) is 9.59 Å². The Morgan fingerprint density at radius 3 is 2.55 bits per heavy atom. The summed E-state index contributed by atoms with van der Waals surface area (Å²) in [5, 5.41) is 17.2. The predicted molar refractivity (Wildman–Crippen MR) is 116 cm³/mol. The minimum atomic E-state index is -1.82. The van der Waals surface area contributed by atoms with Crippen molar-refractivity contribution in [3.63, 3.8) is 0 Å². The molecule has 2 aromatic carbocycles. The fourth-order valence-corrected chi connectivity index (χ4v) is 4.04. The number of hydrogen-bond donors (Lipinski definition) is 2. The van der Waals surface area contributed by atoms with Gasteiger partial charge in [0, 0.05) is 6.54 Å². The lowest BCUT2D eigenvalue weighted by Crippen LogP contribution is -2.35. The van der Waals surface area contributed by atoms with Crippen molar-refractivity contribution in [3.8, 4) is 5.75 Å². The first-order valence-electron chi connectivity index (χ1n) is 9.87. The first kappa shape index (κ1) is 23.2. The maximum Gasteiger partial charge on any atom is 0.414 e. The molecule has 1 aliphatic rings. The van der Waals surface area contributed by atoms with Crippen LogP contribution in [0.1, 0.15) is 32.6 Å². The summed E-state index contributed by atoms with van der Waals surface area (Å²) >= 11 is 3.69. The van der Waals surface area contributed by atoms with Crippen molar-refractivity contribution < 1.29 is 24.5 Å². The lowest BCUT2D eigenvalue weighted by Gasteiger charge is -2.30. The Morgan fingerprint density at radius 2 is 1.86 bits per heavy atom. The first-order valence-corrected chi connectivity index (χ1v) is 10.7. The van der Waals surface area contributed by atoms with Gasteiger partial charge in [0.2, 0.25) is 0 Å². The zero-order chi connectivity index (χ0) is 21.2. The molecule has 158 valence electrons. The first-order chi connectivity index (χ1) is 13.9. The molecule has 7 heteroatoms. The lowest BCUT2D eigenvalue weighted by molar-refractivity contribution is -0.159. The van der Waals surface area contributed by atoms with Crippen LogP contribution in [0.2, 0.25) is 0 Å². The number of likely N-dealkylation sites (tertiary alicyclic amines) is 1. The molecule has 1 heterocycles. The van der Waals surface area contributed by atoms with Crippen LogP contribution in [0, 0.1) is 5.92 Å². The second-order valence-electron chi connectivity index (χ2n) is 7.31. The van der Waals surface area contributed by atoms with Gasteiger partial charge in [-0.3, -0.25) is 0 Å². The highest BCUT2D eigenvalue weighted by atomic mass is 79.9. The number of rotatable bonds is 6. The number of hydrogen-bond acceptors (Lipinski definition) is 4. The minimum Gasteiger partial charge on any atom is -0.492 e. The highest BCUT2D eigenvalue weighted by Crippen LogP contribution is 2.33. The minimum absolute atomic E-state index is 0.792. The van der Waals surface area contributed by atoms with Gasteiger partial charge in [0.05, 0.1) is 11.1 Å². The Morgan fingerprint density at radius 1 is 1.14 bits per heavy atom. The highest BCUT2D eigenvalue weighted by Gasteiger charge is 2.15. The Bertz CT molecular complexity index is 814. The number of piperidine rings is 1. The van der Waals surface area contributed by atoms with Crippen LogP contribution in [0.15, 0.2) is 40.9 Å². The van der Waals surface area contributed by atoms with Gasteiger partial charge >= 0.3 is 11.9 Å². The fourth-order valence-electron chi connectivity index (χ4n) is 3.43. The van der Waals surface area contributed by atoms with Crippen molar-refractivity contribution in [3.05, 3.63) is 40.9 Å². The smallest absolute Gasteiger partial charge is 0.414 e. The quantitative estimate of drug-likeness (QED) is 0.476. The number of unbranched alkanes of at least 4 members (excludes halogenated alkanes) is 1. The molecular weight excluding hydrogens is 438 g/mol. The number of carbonyl (C=O) groups is 2. The average molecular weight is 466 g/mol. The third-order valence-electron chi connectivity index (χ3n) is 4.88. The molecule has 6 nitrogen and oxygen atoms in total. The molecule has 0 bridgehead atoms. The van der Waals surface area contributed by atoms with E-state index in [4.69, 9.17) is 24.5 Å². The van der Waals surface area contributed by atoms with E-state index in [-0.39, 0.29) is 0 Å². The SMILES string of the molecule is CC1CCCN(CCCCOc2ccc3ccccc3c2Br)C1.O=C(O)C(=O)O. The summed E-state index contributed by atoms with van der Waals surface area (Å²) in [5.74, 6) is -1.83. The van der Waals surface area contributed by atoms with Gasteiger partial charge in [0.1, 0.15) is 5.75 Å². The lowest BCUT2D eigenvalue weighted by atomic mass is 10.0. The summed E-state index contributed by atoms with van der Waals surface area (Å²) in [5.41, 5.74) is 0. The molecule has 1 atom stereocenters. The highest BCUT2D eigenvalue weighted by molar-refractivity contribution is 9.10. The number of carboxylic acids is 2. The van der Waals surface area contributed by atoms with Crippen molar-refractivity contribution in [2.24, 2.45) is 5.92 Å². The number of benzene rings is 2. The number of nitrogens with zero attached hydrogens (tertiary/aromatic N) is 1. The van der Waals surface area contributed by atoms with E-state index in [1.165, 1.54) is 49.7 Å². The molecule has 0 aromatic heterocycles. The number of aliphatic carboxylic acids is 2. The Kier molecular flexibility index (Phi) is 9.41. The average Bonchev–Trinajstić information content (AvgIpc) is 2.70. The van der Waals surface area contributed by atoms with E-state index in [1.807, 2.05) is 0 Å². The predicted octanol–water partition coefficient (Wildman–Crippen LogP) is 4.65. The molecule has 0 amide bonds. The molecule has 2 N–H and O–H groups in total. The summed E-state index contributed by atoms with van der Waals surface area (Å²) < 4.78 is 7.06. The van der Waals surface area contributed by atoms with Crippen LogP contribution >= 0.6 is 15.9 Å². The summed E-state index contributed by atoms with van der Waals surface area (Å²) in [6, 6.07) is 12.6. The molecule has 2 aromatic rings. The molecule has 29 heavy (non-hydrogen) atoms. The second-order valence-corrected chi connectivity index (χ2v) is 8.11. The number of halogens is 1. The summed E-state index contributed by atoms with van der Waals surface area (Å²) in [7, 11) is 0. The number of ether oxygens (including phenoxy) is 1. The molecule has 1 saturated heterocycles. The zero-order valence-corrected chi connectivity index (χ0v) is 18.2. The van der Waals surface area contributed by atoms with Gasteiger partial charge in [-0.05, 0) is 77.5 Å². The molecule has 0 spiro atoms. The molecular formula is C22H28BrNO5. The van der Waals surface area contributed by atoms with E-state index < -0.39 is 11.9 Å². The van der Waals surface area contributed by atoms with E-state index in [2.05, 4.69) is 64.2 Å². The van der Waals surface area contributed by atoms with E-state index in [0.29, 0.717) is 0 Å². The van der Waals surface area contributed by atoms with Gasteiger partial charge in [-0.1, -0.05) is 37.3 Å². The van der Waals surface area contributed by atoms with Crippen LogP contribution in [0.25, 0.3) is 10.8 Å². The Balaban J connectivity index is 0.000000438. The van der Waals surface area contributed by atoms with Crippen LogP contribution < -0.4 is 4.74 Å². The van der Waals surface area contributed by atoms with Crippen LogP contribution in [0.4, 0.5) is 0 Å². The van der Waals surface area contributed by atoms with Crippen LogP contribution in [-0.4, -0.2) is 53.3 Å². The van der Waals surface area contributed by atoms with E-state index >= 15 is 0 Å². The number of fused-ring (bicyclic) bond motifs is 1. The maximum atomic E-state index is 9.10. The maximum absolute atomic E-state index is 9.10. The molecule has 1 aliphatic heterocycles. The monoisotopic (exact) mass is 465 g/mol. The summed E-state index contributed by atoms with van der Waals surface area (Å²) in [6.45, 7) is 6.93. The standard InChI is InChI=1S/C20H26BrNO.C2H2O4/c1-16-7-6-13-22(15-16)12-4-5-14-23-19-11-10-17-8-2-3-9-18(17)20(19)21;3-1(4)2(5)6/h2-3,8-11,16H,4-7,12-15H2,1H3;(H,3,4)(H,5,6). The normalized spacial score (nSPS) is 16.7. The number of carboxylic acid groups (broad SMARTS) is 2. The van der Waals surface area contributed by atoms with E-state index in [1.54, 1.807) is 0 Å². The third kappa shape index (κ3) is 7.66. The van der Waals surface area contributed by atoms with Gasteiger partial charge in [-0.2, -0.15) is 0 Å². The molecule has 0 aliphatic carbocycles. The Hall–Kier alpha value is -2.12. The van der Waals surface area contributed by atoms with Crippen molar-refractivity contribution >= 4 is 38.6 Å². The zero-order valence-electron chi connectivity index (χ0n) is 16.6. The van der Waals surface area contributed by atoms with Crippen LogP contribution in [-0.2, 0) is 9.59 Å². The largest absolute Gasteiger partial charge is 0.492 e. The molecule has 1 unspecified atom stereocenters. The fraction of sp³-hybridized carbons (Fsp3) is 0.455. The van der Waals surface area contributed by atoms with Gasteiger partial charge in [-0.15, -0.1) is 0 Å². The third-order valence-corrected chi connectivity index (χ3v) is 5.70. The molecule has 3 rings (SSSR count). The Labute approximate surface area is 179 Å². The van der Waals surface area contributed by atoms with Gasteiger partial charge in [0.15, 0.2) is 0 Å². The molecule has 0 saturated carbocycles. The summed E-state index contributed by atoms with van der Waals surface area (Å²) in [6.07, 6.45) is 5.10. The van der Waals surface area contributed by atoms with Crippen LogP contribution in [0.3, 0.4) is 0 Å². The molecule has 0 radical (unpaired) electrons. The van der Waals surface area contributed by atoms with Crippen LogP contribution in [0.5, 0.6) is 5.75 Å². The van der Waals surface area contributed by atoms with Gasteiger partial charge in [0.25, 0.3) is 0 Å². The van der Waals surface area contributed by atoms with Crippen molar-refractivity contribution in [2.75, 3.05) is 26.2 Å². The summed E-state index contributed by atoms with van der Waals surface area (Å²) in [4.78, 5) is 20.8. The van der Waals surface area contributed by atoms with Crippen molar-refractivity contribution in [1.29, 1.82) is 0 Å². The molecule has 1 fully saturated rings. The van der Waals surface area contributed by atoms with E-state index in [0.717, 1.165) is 29.2 Å². The topological polar surface area (TPSA) is 87.1 Å². The van der Waals surface area contributed by atoms with Crippen molar-refractivity contribution in [1.82, 2.24) is 4.90 Å².